The SMILES string of the molecule is CN(CCNC(=O)c1cn(CCN)nn1)C1CC1. The Morgan fingerprint density at radius 1 is 1.67 bits per heavy atom. The number of hydrogen-bond donors (Lipinski definition) is 2. The van der Waals surface area contributed by atoms with Crippen molar-refractivity contribution in [3.63, 3.8) is 0 Å². The Hall–Kier alpha value is -1.47. The van der Waals surface area contributed by atoms with Gasteiger partial charge in [-0.05, 0) is 19.9 Å². The zero-order valence-corrected chi connectivity index (χ0v) is 10.7. The first-order chi connectivity index (χ1) is 8.70. The quantitative estimate of drug-likeness (QED) is 0.654. The second kappa shape index (κ2) is 5.92. The first kappa shape index (κ1) is 13.0. The van der Waals surface area contributed by atoms with Gasteiger partial charge in [0.05, 0.1) is 12.7 Å². The molecule has 2 rings (SSSR count). The number of nitrogens with zero attached hydrogens (tertiary/aromatic N) is 4. The maximum Gasteiger partial charge on any atom is 0.273 e. The molecule has 3 N–H and O–H groups in total. The van der Waals surface area contributed by atoms with E-state index in [9.17, 15) is 4.79 Å². The first-order valence-electron chi connectivity index (χ1n) is 6.29. The Kier molecular flexibility index (Phi) is 4.27. The van der Waals surface area contributed by atoms with Crippen molar-refractivity contribution >= 4 is 5.91 Å². The van der Waals surface area contributed by atoms with Crippen molar-refractivity contribution in [2.24, 2.45) is 5.73 Å². The Morgan fingerprint density at radius 3 is 3.11 bits per heavy atom. The van der Waals surface area contributed by atoms with Crippen molar-refractivity contribution < 1.29 is 4.79 Å². The van der Waals surface area contributed by atoms with Gasteiger partial charge in [0.25, 0.3) is 5.91 Å². The van der Waals surface area contributed by atoms with Gasteiger partial charge in [-0.25, -0.2) is 0 Å². The summed E-state index contributed by atoms with van der Waals surface area (Å²) in [5, 5.41) is 10.5. The van der Waals surface area contributed by atoms with Crippen LogP contribution in [0.1, 0.15) is 23.3 Å². The fraction of sp³-hybridized carbons (Fsp3) is 0.727. The number of carbonyl (C=O) groups excluding carboxylic acids is 1. The third-order valence-corrected chi connectivity index (χ3v) is 3.05. The molecule has 1 aliphatic rings. The van der Waals surface area contributed by atoms with Gasteiger partial charge in [0, 0.05) is 25.7 Å². The van der Waals surface area contributed by atoms with Crippen molar-refractivity contribution in [3.05, 3.63) is 11.9 Å². The van der Waals surface area contributed by atoms with E-state index in [-0.39, 0.29) is 5.91 Å². The lowest BCUT2D eigenvalue weighted by Crippen LogP contribution is -2.34. The standard InChI is InChI=1S/C11H20N6O/c1-16(9-2-3-9)7-5-13-11(18)10-8-17(6-4-12)15-14-10/h8-9H,2-7,12H2,1H3,(H,13,18). The van der Waals surface area contributed by atoms with Crippen LogP contribution in [0.25, 0.3) is 0 Å². The van der Waals surface area contributed by atoms with E-state index in [0.29, 0.717) is 31.4 Å². The summed E-state index contributed by atoms with van der Waals surface area (Å²) in [5.74, 6) is -0.178. The molecule has 7 nitrogen and oxygen atoms in total. The van der Waals surface area contributed by atoms with Gasteiger partial charge in [-0.2, -0.15) is 0 Å². The second-order valence-electron chi connectivity index (χ2n) is 4.62. The summed E-state index contributed by atoms with van der Waals surface area (Å²) in [6.45, 7) is 2.56. The highest BCUT2D eigenvalue weighted by molar-refractivity contribution is 5.91. The highest BCUT2D eigenvalue weighted by Crippen LogP contribution is 2.24. The van der Waals surface area contributed by atoms with Crippen molar-refractivity contribution in [1.82, 2.24) is 25.2 Å². The van der Waals surface area contributed by atoms with Crippen molar-refractivity contribution in [3.8, 4) is 0 Å². The van der Waals surface area contributed by atoms with E-state index in [1.807, 2.05) is 0 Å². The van der Waals surface area contributed by atoms with E-state index in [1.165, 1.54) is 12.8 Å². The fourth-order valence-corrected chi connectivity index (χ4v) is 1.78. The van der Waals surface area contributed by atoms with Gasteiger partial charge in [0.2, 0.25) is 0 Å². The highest BCUT2D eigenvalue weighted by atomic mass is 16.2. The summed E-state index contributed by atoms with van der Waals surface area (Å²) in [6, 6.07) is 0.715. The maximum atomic E-state index is 11.8. The molecule has 0 spiro atoms. The van der Waals surface area contributed by atoms with Crippen LogP contribution in [0.15, 0.2) is 6.20 Å². The second-order valence-corrected chi connectivity index (χ2v) is 4.62. The highest BCUT2D eigenvalue weighted by Gasteiger charge is 2.25. The molecule has 0 saturated heterocycles. The van der Waals surface area contributed by atoms with E-state index >= 15 is 0 Å². The number of hydrogen-bond acceptors (Lipinski definition) is 5. The van der Waals surface area contributed by atoms with Gasteiger partial charge in [-0.1, -0.05) is 5.21 Å². The van der Waals surface area contributed by atoms with Gasteiger partial charge in [0.15, 0.2) is 5.69 Å². The smallest absolute Gasteiger partial charge is 0.273 e. The van der Waals surface area contributed by atoms with Crippen molar-refractivity contribution in [1.29, 1.82) is 0 Å². The summed E-state index contributed by atoms with van der Waals surface area (Å²) >= 11 is 0. The largest absolute Gasteiger partial charge is 0.349 e. The Bertz CT molecular complexity index is 400. The number of aromatic nitrogens is 3. The van der Waals surface area contributed by atoms with E-state index in [2.05, 4.69) is 27.6 Å². The molecule has 0 radical (unpaired) electrons. The molecule has 1 aromatic heterocycles. The van der Waals surface area contributed by atoms with Crippen molar-refractivity contribution in [2.45, 2.75) is 25.4 Å². The predicted octanol–water partition coefficient (Wildman–Crippen LogP) is -0.939. The zero-order valence-electron chi connectivity index (χ0n) is 10.7. The van der Waals surface area contributed by atoms with Gasteiger partial charge in [0.1, 0.15) is 0 Å². The molecule has 0 aromatic carbocycles. The molecule has 1 heterocycles. The van der Waals surface area contributed by atoms with Gasteiger partial charge in [-0.3, -0.25) is 9.48 Å². The molecule has 7 heteroatoms. The van der Waals surface area contributed by atoms with Crippen LogP contribution >= 0.6 is 0 Å². The van der Waals surface area contributed by atoms with E-state index in [4.69, 9.17) is 5.73 Å². The van der Waals surface area contributed by atoms with Crippen LogP contribution < -0.4 is 11.1 Å². The predicted molar refractivity (Wildman–Crippen MR) is 67.1 cm³/mol. The number of nitrogens with one attached hydrogen (secondary N) is 1. The lowest BCUT2D eigenvalue weighted by molar-refractivity contribution is 0.0944. The van der Waals surface area contributed by atoms with E-state index in [0.717, 1.165) is 6.54 Å². The van der Waals surface area contributed by atoms with Crippen LogP contribution in [0, 0.1) is 0 Å². The molecular formula is C11H20N6O. The maximum absolute atomic E-state index is 11.8. The molecule has 0 unspecified atom stereocenters. The van der Waals surface area contributed by atoms with E-state index < -0.39 is 0 Å². The number of nitrogens with two attached hydrogens (primary N) is 1. The van der Waals surface area contributed by atoms with Gasteiger partial charge >= 0.3 is 0 Å². The summed E-state index contributed by atoms with van der Waals surface area (Å²) in [4.78, 5) is 14.0. The van der Waals surface area contributed by atoms with Crippen LogP contribution in [0.3, 0.4) is 0 Å². The van der Waals surface area contributed by atoms with Crippen LogP contribution in [-0.4, -0.2) is 58.5 Å². The molecular weight excluding hydrogens is 232 g/mol. The third-order valence-electron chi connectivity index (χ3n) is 3.05. The minimum absolute atomic E-state index is 0.178. The van der Waals surface area contributed by atoms with Gasteiger partial charge in [-0.15, -0.1) is 5.10 Å². The molecule has 1 fully saturated rings. The molecule has 0 bridgehead atoms. The number of carbonyl (C=O) groups is 1. The monoisotopic (exact) mass is 252 g/mol. The van der Waals surface area contributed by atoms with Crippen molar-refractivity contribution in [2.75, 3.05) is 26.7 Å². The zero-order chi connectivity index (χ0) is 13.0. The lowest BCUT2D eigenvalue weighted by Gasteiger charge is -2.15. The average Bonchev–Trinajstić information content (AvgIpc) is 3.10. The molecule has 0 atom stereocenters. The topological polar surface area (TPSA) is 89.1 Å². The number of likely N-dealkylation sites (N-methyl/N-ethyl adjacent to an activating group) is 1. The third kappa shape index (κ3) is 3.51. The number of rotatable bonds is 7. The van der Waals surface area contributed by atoms with Crippen LogP contribution in [0.4, 0.5) is 0 Å². The van der Waals surface area contributed by atoms with Crippen LogP contribution in [0.2, 0.25) is 0 Å². The minimum Gasteiger partial charge on any atom is -0.349 e. The lowest BCUT2D eigenvalue weighted by atomic mass is 10.4. The summed E-state index contributed by atoms with van der Waals surface area (Å²) in [7, 11) is 2.08. The average molecular weight is 252 g/mol. The van der Waals surface area contributed by atoms with Crippen LogP contribution in [0.5, 0.6) is 0 Å². The molecule has 18 heavy (non-hydrogen) atoms. The molecule has 0 aliphatic heterocycles. The Labute approximate surface area is 106 Å². The fourth-order valence-electron chi connectivity index (χ4n) is 1.78. The first-order valence-corrected chi connectivity index (χ1v) is 6.29. The Balaban J connectivity index is 1.72. The van der Waals surface area contributed by atoms with E-state index in [1.54, 1.807) is 10.9 Å². The molecule has 100 valence electrons. The summed E-state index contributed by atoms with van der Waals surface area (Å²) in [5.41, 5.74) is 5.74. The number of amides is 1. The normalized spacial score (nSPS) is 15.1. The summed E-state index contributed by atoms with van der Waals surface area (Å²) < 4.78 is 1.57. The Morgan fingerprint density at radius 2 is 2.44 bits per heavy atom. The molecule has 1 amide bonds. The molecule has 1 aliphatic carbocycles. The summed E-state index contributed by atoms with van der Waals surface area (Å²) in [6.07, 6.45) is 4.17. The van der Waals surface area contributed by atoms with Crippen LogP contribution in [-0.2, 0) is 6.54 Å². The minimum atomic E-state index is -0.178. The van der Waals surface area contributed by atoms with Gasteiger partial charge < -0.3 is 16.0 Å². The molecule has 1 saturated carbocycles. The molecule has 1 aromatic rings.